The molecule has 0 unspecified atom stereocenters. The second-order valence-electron chi connectivity index (χ2n) is 14.6. The Morgan fingerprint density at radius 3 is 1.11 bits per heavy atom. The largest absolute Gasteiger partial charge is 0.0616 e. The lowest BCUT2D eigenvalue weighted by atomic mass is 9.71. The molecule has 6 aromatic rings. The average molecular weight is 569 g/mol. The molecule has 44 heavy (non-hydrogen) atoms. The number of hydrogen-bond acceptors (Lipinski definition) is 0. The van der Waals surface area contributed by atoms with E-state index in [4.69, 9.17) is 0 Å². The van der Waals surface area contributed by atoms with E-state index in [9.17, 15) is 0 Å². The first kappa shape index (κ1) is 27.2. The first-order valence-corrected chi connectivity index (χ1v) is 16.0. The highest BCUT2D eigenvalue weighted by Gasteiger charge is 2.47. The van der Waals surface area contributed by atoms with Crippen LogP contribution in [-0.4, -0.2) is 0 Å². The second kappa shape index (κ2) is 9.05. The van der Waals surface area contributed by atoms with Gasteiger partial charge in [0.25, 0.3) is 0 Å². The lowest BCUT2D eigenvalue weighted by molar-refractivity contribution is 0.602. The molecule has 0 heteroatoms. The minimum absolute atomic E-state index is 0.135. The molecule has 2 aliphatic carbocycles. The molecule has 8 rings (SSSR count). The van der Waals surface area contributed by atoms with Crippen molar-refractivity contribution in [3.05, 3.63) is 142 Å². The molecule has 6 aromatic carbocycles. The zero-order valence-corrected chi connectivity index (χ0v) is 27.2. The zero-order valence-electron chi connectivity index (χ0n) is 27.2. The van der Waals surface area contributed by atoms with Crippen LogP contribution in [0.15, 0.2) is 97.1 Å². The molecule has 0 fully saturated rings. The van der Waals surface area contributed by atoms with Crippen molar-refractivity contribution in [3.63, 3.8) is 0 Å². The van der Waals surface area contributed by atoms with Gasteiger partial charge in [0.15, 0.2) is 0 Å². The van der Waals surface area contributed by atoms with Crippen LogP contribution in [0.1, 0.15) is 72.2 Å². The summed E-state index contributed by atoms with van der Waals surface area (Å²) in [7, 11) is 0. The standard InChI is InChI=1S/C44H40/c1-25-17-26(2)20-31(19-25)29-13-15-35-37(23-29)43(5,6)41-39(35)33-11-9-10-12-34(33)40-36-16-14-30(24-38(36)44(7,8)42(40)41)32-21-27(3)18-28(4)22-32/h9-24H,1-8H3. The molecule has 0 N–H and O–H groups in total. The van der Waals surface area contributed by atoms with Crippen LogP contribution < -0.4 is 0 Å². The molecule has 0 nitrogen and oxygen atoms in total. The molecule has 0 atom stereocenters. The Morgan fingerprint density at radius 2 is 0.750 bits per heavy atom. The van der Waals surface area contributed by atoms with Crippen molar-refractivity contribution in [3.8, 4) is 44.5 Å². The van der Waals surface area contributed by atoms with E-state index in [1.807, 2.05) is 0 Å². The molecule has 0 aromatic heterocycles. The van der Waals surface area contributed by atoms with Gasteiger partial charge in [0.1, 0.15) is 0 Å². The van der Waals surface area contributed by atoms with E-state index < -0.39 is 0 Å². The van der Waals surface area contributed by atoms with Crippen molar-refractivity contribution < 1.29 is 0 Å². The summed E-state index contributed by atoms with van der Waals surface area (Å²) in [6.45, 7) is 18.6. The summed E-state index contributed by atoms with van der Waals surface area (Å²) >= 11 is 0. The maximum absolute atomic E-state index is 2.48. The molecule has 0 spiro atoms. The van der Waals surface area contributed by atoms with Crippen LogP contribution in [-0.2, 0) is 10.8 Å². The van der Waals surface area contributed by atoms with Gasteiger partial charge in [-0.25, -0.2) is 0 Å². The first-order valence-electron chi connectivity index (χ1n) is 16.0. The minimum Gasteiger partial charge on any atom is -0.0616 e. The van der Waals surface area contributed by atoms with Gasteiger partial charge in [0, 0.05) is 10.8 Å². The van der Waals surface area contributed by atoms with Crippen LogP contribution in [0.3, 0.4) is 0 Å². The summed E-state index contributed by atoms with van der Waals surface area (Å²) in [5.41, 5.74) is 21.7. The van der Waals surface area contributed by atoms with Crippen LogP contribution in [0.5, 0.6) is 0 Å². The van der Waals surface area contributed by atoms with Gasteiger partial charge in [0.05, 0.1) is 0 Å². The second-order valence-corrected chi connectivity index (χ2v) is 14.6. The molecule has 0 saturated heterocycles. The summed E-state index contributed by atoms with van der Waals surface area (Å²) < 4.78 is 0. The Balaban J connectivity index is 1.40. The van der Waals surface area contributed by atoms with Crippen LogP contribution in [0.25, 0.3) is 55.3 Å². The Kier molecular flexibility index (Phi) is 5.59. The van der Waals surface area contributed by atoms with Crippen molar-refractivity contribution in [2.24, 2.45) is 0 Å². The fraction of sp³-hybridized carbons (Fsp3) is 0.227. The molecular weight excluding hydrogens is 528 g/mol. The van der Waals surface area contributed by atoms with Crippen LogP contribution >= 0.6 is 0 Å². The molecular formula is C44H40. The van der Waals surface area contributed by atoms with Gasteiger partial charge >= 0.3 is 0 Å². The highest BCUT2D eigenvalue weighted by Crippen LogP contribution is 2.62. The molecule has 216 valence electrons. The number of rotatable bonds is 2. The highest BCUT2D eigenvalue weighted by molar-refractivity contribution is 6.13. The highest BCUT2D eigenvalue weighted by atomic mass is 14.5. The van der Waals surface area contributed by atoms with Gasteiger partial charge in [0.2, 0.25) is 0 Å². The van der Waals surface area contributed by atoms with E-state index >= 15 is 0 Å². The van der Waals surface area contributed by atoms with E-state index in [0.717, 1.165) is 0 Å². The van der Waals surface area contributed by atoms with Gasteiger partial charge in [-0.2, -0.15) is 0 Å². The monoisotopic (exact) mass is 568 g/mol. The third-order valence-electron chi connectivity index (χ3n) is 10.5. The topological polar surface area (TPSA) is 0 Å². The smallest absolute Gasteiger partial charge is 0.0162 e. The van der Waals surface area contributed by atoms with Crippen LogP contribution in [0.2, 0.25) is 0 Å². The Labute approximate surface area is 262 Å². The van der Waals surface area contributed by atoms with E-state index in [1.54, 1.807) is 0 Å². The number of hydrogen-bond donors (Lipinski definition) is 0. The van der Waals surface area contributed by atoms with Crippen molar-refractivity contribution in [1.82, 2.24) is 0 Å². The maximum Gasteiger partial charge on any atom is 0.0162 e. The van der Waals surface area contributed by atoms with E-state index in [-0.39, 0.29) is 10.8 Å². The van der Waals surface area contributed by atoms with E-state index in [2.05, 4.69) is 152 Å². The molecule has 0 heterocycles. The summed E-state index contributed by atoms with van der Waals surface area (Å²) in [6, 6.07) is 37.4. The Hall–Kier alpha value is -4.42. The Morgan fingerprint density at radius 1 is 0.386 bits per heavy atom. The third-order valence-corrected chi connectivity index (χ3v) is 10.5. The lowest BCUT2D eigenvalue weighted by Crippen LogP contribution is -2.24. The summed E-state index contributed by atoms with van der Waals surface area (Å²) in [5, 5.41) is 2.74. The minimum atomic E-state index is -0.135. The van der Waals surface area contributed by atoms with Crippen LogP contribution in [0.4, 0.5) is 0 Å². The maximum atomic E-state index is 2.48. The molecule has 0 aliphatic heterocycles. The van der Waals surface area contributed by atoms with Crippen molar-refractivity contribution in [2.45, 2.75) is 66.2 Å². The van der Waals surface area contributed by atoms with E-state index in [1.165, 1.54) is 99.8 Å². The van der Waals surface area contributed by atoms with E-state index in [0.29, 0.717) is 0 Å². The fourth-order valence-electron chi connectivity index (χ4n) is 8.72. The molecule has 0 amide bonds. The lowest BCUT2D eigenvalue weighted by Gasteiger charge is -2.31. The van der Waals surface area contributed by atoms with Gasteiger partial charge in [-0.15, -0.1) is 0 Å². The third kappa shape index (κ3) is 3.70. The van der Waals surface area contributed by atoms with Gasteiger partial charge in [-0.1, -0.05) is 135 Å². The first-order chi connectivity index (χ1) is 20.9. The number of fused-ring (bicyclic) bond motifs is 10. The van der Waals surface area contributed by atoms with Crippen LogP contribution in [0, 0.1) is 27.7 Å². The summed E-state index contributed by atoms with van der Waals surface area (Å²) in [5.74, 6) is 0. The molecule has 0 saturated carbocycles. The predicted molar refractivity (Wildman–Crippen MR) is 189 cm³/mol. The average Bonchev–Trinajstić information content (AvgIpc) is 3.35. The SMILES string of the molecule is Cc1cc(C)cc(-c2ccc3c(c2)C(C)(C)c2c4c(c5ccccc5c2-3)-c2ccc(-c3cc(C)cc(C)c3)cc2C4(C)C)c1. The Bertz CT molecular complexity index is 2000. The van der Waals surface area contributed by atoms with Gasteiger partial charge in [-0.05, 0) is 117 Å². The number of aryl methyl sites for hydroxylation is 4. The molecule has 0 bridgehead atoms. The summed E-state index contributed by atoms with van der Waals surface area (Å²) in [4.78, 5) is 0. The quantitative estimate of drug-likeness (QED) is 0.195. The predicted octanol–water partition coefficient (Wildman–Crippen LogP) is 12.0. The van der Waals surface area contributed by atoms with Gasteiger partial charge in [-0.3, -0.25) is 0 Å². The van der Waals surface area contributed by atoms with Crippen molar-refractivity contribution >= 4 is 10.8 Å². The van der Waals surface area contributed by atoms with Gasteiger partial charge < -0.3 is 0 Å². The van der Waals surface area contributed by atoms with Crippen molar-refractivity contribution in [2.75, 3.05) is 0 Å². The normalized spacial score (nSPS) is 15.2. The van der Waals surface area contributed by atoms with Crippen molar-refractivity contribution in [1.29, 1.82) is 0 Å². The summed E-state index contributed by atoms with van der Waals surface area (Å²) in [6.07, 6.45) is 0. The fourth-order valence-corrected chi connectivity index (χ4v) is 8.72. The molecule has 2 aliphatic rings. The molecule has 0 radical (unpaired) electrons. The zero-order chi connectivity index (χ0) is 30.7. The number of benzene rings is 6.